The highest BCUT2D eigenvalue weighted by molar-refractivity contribution is 6.09. The molecule has 0 aromatic carbocycles. The lowest BCUT2D eigenvalue weighted by molar-refractivity contribution is -0.341. The number of allylic oxidation sites excluding steroid dienone is 2. The molecule has 0 radical (unpaired) electrons. The van der Waals surface area contributed by atoms with Gasteiger partial charge in [-0.2, -0.15) is 0 Å². The van der Waals surface area contributed by atoms with Crippen LogP contribution in [0.1, 0.15) is 6.42 Å². The molecule has 3 nitrogen and oxygen atoms in total. The van der Waals surface area contributed by atoms with E-state index in [2.05, 4.69) is 9.73 Å². The lowest BCUT2D eigenvalue weighted by atomic mass is 9.86. The van der Waals surface area contributed by atoms with Gasteiger partial charge in [-0.1, -0.05) is 12.2 Å². The van der Waals surface area contributed by atoms with E-state index >= 15 is 0 Å². The molecule has 1 atom stereocenters. The Hall–Kier alpha value is -1.40. The van der Waals surface area contributed by atoms with Gasteiger partial charge in [0.15, 0.2) is 5.60 Å². The highest BCUT2D eigenvalue weighted by Gasteiger charge is 2.49. The third-order valence-electron chi connectivity index (χ3n) is 2.57. The van der Waals surface area contributed by atoms with Crippen LogP contribution in [0.5, 0.6) is 0 Å². The Labute approximate surface area is 95.6 Å². The largest absolute Gasteiger partial charge is 0.524 e. The molecule has 2 rings (SSSR count). The molecule has 92 valence electrons. The number of hydrogen-bond acceptors (Lipinski definition) is 3. The first-order valence-corrected chi connectivity index (χ1v) is 4.99. The standard InChI is InChI=1S/C11H10F3NO2/c12-11(13,14)17-10-5-2-1-3-9(10)15-7-8(10)4-6-16/h1-3,5,7,16H,4,6H2. The summed E-state index contributed by atoms with van der Waals surface area (Å²) in [6.07, 6.45) is 2.46. The number of ether oxygens (including phenoxy) is 1. The van der Waals surface area contributed by atoms with Crippen molar-refractivity contribution in [3.05, 3.63) is 36.1 Å². The van der Waals surface area contributed by atoms with Gasteiger partial charge in [0.05, 0.1) is 5.71 Å². The van der Waals surface area contributed by atoms with Crippen LogP contribution in [0.4, 0.5) is 13.2 Å². The molecule has 1 heterocycles. The lowest BCUT2D eigenvalue weighted by Gasteiger charge is -2.31. The number of aliphatic hydroxyl groups excluding tert-OH is 1. The number of rotatable bonds is 3. The molecule has 1 unspecified atom stereocenters. The van der Waals surface area contributed by atoms with E-state index in [1.807, 2.05) is 0 Å². The number of fused-ring (bicyclic) bond motifs is 1. The smallest absolute Gasteiger partial charge is 0.396 e. The Bertz CT molecular complexity index is 434. The Kier molecular flexibility index (Phi) is 2.92. The minimum atomic E-state index is -4.77. The second-order valence-corrected chi connectivity index (χ2v) is 3.64. The van der Waals surface area contributed by atoms with Crippen molar-refractivity contribution in [3.8, 4) is 0 Å². The van der Waals surface area contributed by atoms with Crippen LogP contribution in [0.3, 0.4) is 0 Å². The maximum atomic E-state index is 12.5. The first-order valence-electron chi connectivity index (χ1n) is 4.99. The van der Waals surface area contributed by atoms with Crippen molar-refractivity contribution in [1.82, 2.24) is 0 Å². The Morgan fingerprint density at radius 2 is 2.12 bits per heavy atom. The molecule has 6 heteroatoms. The van der Waals surface area contributed by atoms with Gasteiger partial charge in [-0.25, -0.2) is 0 Å². The van der Waals surface area contributed by atoms with E-state index in [4.69, 9.17) is 5.11 Å². The van der Waals surface area contributed by atoms with Gasteiger partial charge in [0.25, 0.3) is 0 Å². The predicted molar refractivity (Wildman–Crippen MR) is 55.4 cm³/mol. The van der Waals surface area contributed by atoms with Crippen LogP contribution in [0.15, 0.2) is 41.1 Å². The molecule has 1 aliphatic heterocycles. The first-order chi connectivity index (χ1) is 7.98. The van der Waals surface area contributed by atoms with E-state index in [0.29, 0.717) is 5.57 Å². The van der Waals surface area contributed by atoms with Crippen molar-refractivity contribution in [1.29, 1.82) is 0 Å². The molecule has 1 aliphatic carbocycles. The molecule has 0 amide bonds. The minimum Gasteiger partial charge on any atom is -0.396 e. The summed E-state index contributed by atoms with van der Waals surface area (Å²) >= 11 is 0. The van der Waals surface area contributed by atoms with Crippen LogP contribution in [-0.2, 0) is 4.74 Å². The monoisotopic (exact) mass is 245 g/mol. The van der Waals surface area contributed by atoms with Gasteiger partial charge in [0, 0.05) is 12.8 Å². The number of hydrogen-bond donors (Lipinski definition) is 1. The highest BCUT2D eigenvalue weighted by Crippen LogP contribution is 2.39. The summed E-state index contributed by atoms with van der Waals surface area (Å²) in [5.74, 6) is 0. The fraction of sp³-hybridized carbons (Fsp3) is 0.364. The van der Waals surface area contributed by atoms with Crippen LogP contribution in [0.25, 0.3) is 0 Å². The molecule has 0 spiro atoms. The van der Waals surface area contributed by atoms with Crippen LogP contribution >= 0.6 is 0 Å². The zero-order valence-corrected chi connectivity index (χ0v) is 8.74. The molecular weight excluding hydrogens is 235 g/mol. The quantitative estimate of drug-likeness (QED) is 0.827. The van der Waals surface area contributed by atoms with E-state index in [0.717, 1.165) is 0 Å². The van der Waals surface area contributed by atoms with Gasteiger partial charge in [0.2, 0.25) is 0 Å². The van der Waals surface area contributed by atoms with Gasteiger partial charge < -0.3 is 5.11 Å². The zero-order chi connectivity index (χ0) is 12.5. The van der Waals surface area contributed by atoms with Crippen molar-refractivity contribution in [2.24, 2.45) is 4.99 Å². The zero-order valence-electron chi connectivity index (χ0n) is 8.74. The van der Waals surface area contributed by atoms with E-state index in [1.165, 1.54) is 24.4 Å². The number of aliphatic imine (C=N–C) groups is 1. The minimum absolute atomic E-state index is 0.0846. The first kappa shape index (κ1) is 12.1. The molecule has 0 aromatic rings. The molecule has 0 bridgehead atoms. The summed E-state index contributed by atoms with van der Waals surface area (Å²) in [7, 11) is 0. The average Bonchev–Trinajstić information content (AvgIpc) is 2.55. The van der Waals surface area contributed by atoms with E-state index in [1.54, 1.807) is 6.08 Å². The second kappa shape index (κ2) is 4.12. The van der Waals surface area contributed by atoms with Gasteiger partial charge in [-0.05, 0) is 24.1 Å². The van der Waals surface area contributed by atoms with Gasteiger partial charge >= 0.3 is 6.36 Å². The van der Waals surface area contributed by atoms with Crippen molar-refractivity contribution >= 4 is 5.71 Å². The Balaban J connectivity index is 2.36. The molecule has 17 heavy (non-hydrogen) atoms. The molecular formula is C11H10F3NO2. The van der Waals surface area contributed by atoms with E-state index in [9.17, 15) is 13.2 Å². The normalized spacial score (nSPS) is 26.8. The second-order valence-electron chi connectivity index (χ2n) is 3.64. The lowest BCUT2D eigenvalue weighted by Crippen LogP contribution is -2.44. The number of nitrogens with zero attached hydrogens (tertiary/aromatic N) is 1. The number of halogens is 3. The van der Waals surface area contributed by atoms with Gasteiger partial charge in [-0.3, -0.25) is 9.73 Å². The van der Waals surface area contributed by atoms with Crippen molar-refractivity contribution in [2.45, 2.75) is 18.4 Å². The highest BCUT2D eigenvalue weighted by atomic mass is 19.4. The molecule has 0 fully saturated rings. The third kappa shape index (κ3) is 2.18. The van der Waals surface area contributed by atoms with Crippen molar-refractivity contribution < 1.29 is 23.0 Å². The van der Waals surface area contributed by atoms with Crippen molar-refractivity contribution in [3.63, 3.8) is 0 Å². The van der Waals surface area contributed by atoms with Crippen LogP contribution in [-0.4, -0.2) is 29.4 Å². The molecule has 0 saturated carbocycles. The Morgan fingerprint density at radius 1 is 1.35 bits per heavy atom. The van der Waals surface area contributed by atoms with Crippen molar-refractivity contribution in [2.75, 3.05) is 6.61 Å². The maximum absolute atomic E-state index is 12.5. The number of aliphatic hydroxyl groups is 1. The van der Waals surface area contributed by atoms with Crippen LogP contribution < -0.4 is 0 Å². The molecule has 1 N–H and O–H groups in total. The van der Waals surface area contributed by atoms with Gasteiger partial charge in [0.1, 0.15) is 0 Å². The fourth-order valence-corrected chi connectivity index (χ4v) is 1.91. The van der Waals surface area contributed by atoms with Crippen LogP contribution in [0, 0.1) is 0 Å². The topological polar surface area (TPSA) is 41.8 Å². The summed E-state index contributed by atoms with van der Waals surface area (Å²) in [6, 6.07) is 0. The Morgan fingerprint density at radius 3 is 2.76 bits per heavy atom. The fourth-order valence-electron chi connectivity index (χ4n) is 1.91. The van der Waals surface area contributed by atoms with E-state index in [-0.39, 0.29) is 18.7 Å². The maximum Gasteiger partial charge on any atom is 0.524 e. The van der Waals surface area contributed by atoms with Crippen LogP contribution in [0.2, 0.25) is 0 Å². The number of alkyl halides is 3. The molecule has 2 aliphatic rings. The summed E-state index contributed by atoms with van der Waals surface area (Å²) in [5.41, 5.74) is -1.22. The summed E-state index contributed by atoms with van der Waals surface area (Å²) in [4.78, 5) is 3.89. The average molecular weight is 245 g/mol. The SMILES string of the molecule is OCCC1=CN=C2C=CC=CC12OC(F)(F)F. The summed E-state index contributed by atoms with van der Waals surface area (Å²) in [6.45, 7) is -0.255. The molecule has 0 saturated heterocycles. The predicted octanol–water partition coefficient (Wildman–Crippen LogP) is 2.11. The third-order valence-corrected chi connectivity index (χ3v) is 2.57. The van der Waals surface area contributed by atoms with E-state index < -0.39 is 12.0 Å². The van der Waals surface area contributed by atoms with Gasteiger partial charge in [-0.15, -0.1) is 13.2 Å². The summed E-state index contributed by atoms with van der Waals surface area (Å²) in [5, 5.41) is 8.86. The molecule has 0 aromatic heterocycles. The summed E-state index contributed by atoms with van der Waals surface area (Å²) < 4.78 is 41.6.